The summed E-state index contributed by atoms with van der Waals surface area (Å²) in [5.41, 5.74) is 10.3. The van der Waals surface area contributed by atoms with Gasteiger partial charge in [-0.2, -0.15) is 10.2 Å². The van der Waals surface area contributed by atoms with E-state index in [1.165, 1.54) is 15.7 Å². The van der Waals surface area contributed by atoms with Crippen LogP contribution in [-0.2, 0) is 12.8 Å². The molecule has 2 N–H and O–H groups in total. The summed E-state index contributed by atoms with van der Waals surface area (Å²) >= 11 is 0. The molecule has 1 aliphatic rings. The minimum absolute atomic E-state index is 0.0419. The fourth-order valence-electron chi connectivity index (χ4n) is 4.23. The fraction of sp³-hybridized carbons (Fsp3) is 0.192. The third-order valence-electron chi connectivity index (χ3n) is 6.02. The Labute approximate surface area is 189 Å². The average molecular weight is 438 g/mol. The Bertz CT molecular complexity index is 1560. The van der Waals surface area contributed by atoms with Crippen molar-refractivity contribution in [3.05, 3.63) is 97.8 Å². The molecule has 7 heteroatoms. The van der Waals surface area contributed by atoms with Gasteiger partial charge in [0, 0.05) is 0 Å². The van der Waals surface area contributed by atoms with Crippen molar-refractivity contribution in [1.82, 2.24) is 9.55 Å². The number of hydrogen-bond donors (Lipinski definition) is 1. The van der Waals surface area contributed by atoms with Crippen molar-refractivity contribution in [1.29, 1.82) is 5.26 Å². The van der Waals surface area contributed by atoms with Gasteiger partial charge in [0.2, 0.25) is 11.4 Å². The highest BCUT2D eigenvalue weighted by Gasteiger charge is 2.35. The zero-order valence-corrected chi connectivity index (χ0v) is 18.3. The van der Waals surface area contributed by atoms with Crippen molar-refractivity contribution < 1.29 is 8.83 Å². The Morgan fingerprint density at radius 3 is 2.30 bits per heavy atom. The number of aryl methyl sites for hydroxylation is 2. The zero-order valence-electron chi connectivity index (χ0n) is 18.3. The number of anilines is 1. The molecule has 3 heterocycles. The van der Waals surface area contributed by atoms with Crippen LogP contribution in [0.3, 0.4) is 0 Å². The van der Waals surface area contributed by atoms with Gasteiger partial charge in [-0.25, -0.2) is 9.36 Å². The first-order chi connectivity index (χ1) is 16.0. The molecule has 7 nitrogen and oxygen atoms in total. The van der Waals surface area contributed by atoms with Crippen molar-refractivity contribution in [3.8, 4) is 12.0 Å². The van der Waals surface area contributed by atoms with E-state index in [-0.39, 0.29) is 28.4 Å². The summed E-state index contributed by atoms with van der Waals surface area (Å²) in [7, 11) is 0. The van der Waals surface area contributed by atoms with Crippen LogP contribution in [0.2, 0.25) is 0 Å². The lowest BCUT2D eigenvalue weighted by Gasteiger charge is -2.19. The third kappa shape index (κ3) is 3.37. The highest BCUT2D eigenvalue weighted by Crippen LogP contribution is 2.37. The summed E-state index contributed by atoms with van der Waals surface area (Å²) in [5.74, 6) is -0.271. The molecule has 0 spiro atoms. The molecule has 0 saturated heterocycles. The number of hydrogen-bond acceptors (Lipinski definition) is 6. The maximum Gasteiger partial charge on any atom is 0.362 e. The first-order valence-corrected chi connectivity index (χ1v) is 10.9. The van der Waals surface area contributed by atoms with E-state index in [4.69, 9.17) is 14.6 Å². The van der Waals surface area contributed by atoms with Gasteiger partial charge in [-0.3, -0.25) is 0 Å². The number of benzene rings is 2. The number of nitrogens with two attached hydrogens (primary N) is 1. The largest absolute Gasteiger partial charge is 0.406 e. The number of fused-ring (bicyclic) bond motifs is 3. The number of nitriles is 1. The van der Waals surface area contributed by atoms with E-state index >= 15 is 0 Å². The Morgan fingerprint density at radius 1 is 1.06 bits per heavy atom. The minimum atomic E-state index is -0.569. The van der Waals surface area contributed by atoms with Crippen LogP contribution in [0, 0.1) is 11.3 Å². The van der Waals surface area contributed by atoms with E-state index in [9.17, 15) is 10.1 Å². The SMILES string of the molecule is CCc1ccc(/C=c2\c(=O)oc3n2-c2oc(N)nc2C(c2ccc(CC)cc2)C=3C#N)cc1. The van der Waals surface area contributed by atoms with Gasteiger partial charge in [-0.05, 0) is 41.2 Å². The molecule has 5 rings (SSSR count). The lowest BCUT2D eigenvalue weighted by Crippen LogP contribution is -2.35. The van der Waals surface area contributed by atoms with E-state index in [1.807, 2.05) is 48.5 Å². The van der Waals surface area contributed by atoms with Crippen molar-refractivity contribution >= 4 is 17.7 Å². The maximum atomic E-state index is 12.9. The van der Waals surface area contributed by atoms with Gasteiger partial charge in [0.15, 0.2) is 0 Å². The molecule has 1 unspecified atom stereocenters. The first-order valence-electron chi connectivity index (χ1n) is 10.9. The van der Waals surface area contributed by atoms with Gasteiger partial charge >= 0.3 is 5.63 Å². The summed E-state index contributed by atoms with van der Waals surface area (Å²) in [5, 5.41) is 10.3. The number of rotatable bonds is 4. The van der Waals surface area contributed by atoms with E-state index in [0.29, 0.717) is 5.69 Å². The van der Waals surface area contributed by atoms with Crippen LogP contribution < -0.4 is 22.3 Å². The van der Waals surface area contributed by atoms with Gasteiger partial charge in [-0.1, -0.05) is 62.4 Å². The second kappa shape index (κ2) is 7.99. The van der Waals surface area contributed by atoms with Crippen LogP contribution in [0.5, 0.6) is 0 Å². The monoisotopic (exact) mass is 438 g/mol. The smallest absolute Gasteiger partial charge is 0.362 e. The summed E-state index contributed by atoms with van der Waals surface area (Å²) < 4.78 is 12.9. The van der Waals surface area contributed by atoms with Crippen LogP contribution in [0.25, 0.3) is 17.5 Å². The number of oxazole rings is 2. The Hall–Kier alpha value is -4.31. The minimum Gasteiger partial charge on any atom is -0.406 e. The predicted molar refractivity (Wildman–Crippen MR) is 124 cm³/mol. The molecule has 0 radical (unpaired) electrons. The van der Waals surface area contributed by atoms with Crippen LogP contribution in [-0.4, -0.2) is 9.55 Å². The molecule has 0 bridgehead atoms. The Morgan fingerprint density at radius 2 is 1.70 bits per heavy atom. The van der Waals surface area contributed by atoms with Gasteiger partial charge in [0.1, 0.15) is 22.7 Å². The second-order valence-corrected chi connectivity index (χ2v) is 7.95. The molecule has 0 aliphatic carbocycles. The van der Waals surface area contributed by atoms with Crippen molar-refractivity contribution in [2.24, 2.45) is 0 Å². The van der Waals surface area contributed by atoms with Gasteiger partial charge in [0.05, 0.1) is 5.92 Å². The molecule has 2 aromatic carbocycles. The van der Waals surface area contributed by atoms with Crippen LogP contribution in [0.15, 0.2) is 62.2 Å². The lowest BCUT2D eigenvalue weighted by molar-refractivity contribution is 0.455. The third-order valence-corrected chi connectivity index (χ3v) is 6.02. The van der Waals surface area contributed by atoms with E-state index in [2.05, 4.69) is 24.9 Å². The molecule has 0 saturated carbocycles. The molecular formula is C26H22N4O3. The Kier molecular flexibility index (Phi) is 4.98. The fourth-order valence-corrected chi connectivity index (χ4v) is 4.23. The average Bonchev–Trinajstić information content (AvgIpc) is 3.37. The highest BCUT2D eigenvalue weighted by molar-refractivity contribution is 5.73. The van der Waals surface area contributed by atoms with Crippen LogP contribution in [0.1, 0.15) is 47.7 Å². The maximum absolute atomic E-state index is 12.9. The van der Waals surface area contributed by atoms with Gasteiger partial charge < -0.3 is 14.6 Å². The molecule has 4 aromatic rings. The molecule has 1 aliphatic heterocycles. The second-order valence-electron chi connectivity index (χ2n) is 7.95. The molecular weight excluding hydrogens is 416 g/mol. The quantitative estimate of drug-likeness (QED) is 0.525. The lowest BCUT2D eigenvalue weighted by atomic mass is 9.87. The standard InChI is InChI=1S/C26H22N4O3/c1-3-15-5-7-17(8-6-15)13-20-25(31)32-23-19(14-27)21(18-11-9-16(4-2)10-12-18)22-24(30(20)23)33-26(28)29-22/h5-13,21H,3-4H2,1-2H3,(H2,28,29)/b20-13+. The van der Waals surface area contributed by atoms with Crippen molar-refractivity contribution in [2.75, 3.05) is 5.73 Å². The number of nitrogen functional groups attached to an aromatic ring is 1. The molecule has 2 aromatic heterocycles. The molecule has 164 valence electrons. The van der Waals surface area contributed by atoms with Crippen molar-refractivity contribution in [2.45, 2.75) is 32.6 Å². The number of aromatic nitrogens is 2. The number of nitrogens with zero attached hydrogens (tertiary/aromatic N) is 3. The van der Waals surface area contributed by atoms with E-state index in [1.54, 1.807) is 6.08 Å². The van der Waals surface area contributed by atoms with Crippen LogP contribution >= 0.6 is 0 Å². The summed E-state index contributed by atoms with van der Waals surface area (Å²) in [6, 6.07) is 18.0. The summed E-state index contributed by atoms with van der Waals surface area (Å²) in [4.78, 5) is 17.3. The zero-order chi connectivity index (χ0) is 23.1. The van der Waals surface area contributed by atoms with Gasteiger partial charge in [0.25, 0.3) is 6.01 Å². The topological polar surface area (TPSA) is 111 Å². The first kappa shape index (κ1) is 20.6. The molecule has 0 amide bonds. The van der Waals surface area contributed by atoms with Crippen molar-refractivity contribution in [3.63, 3.8) is 0 Å². The highest BCUT2D eigenvalue weighted by atomic mass is 16.4. The Balaban J connectivity index is 1.80. The normalized spacial score (nSPS) is 15.2. The van der Waals surface area contributed by atoms with E-state index in [0.717, 1.165) is 24.0 Å². The predicted octanol–water partition coefficient (Wildman–Crippen LogP) is 2.77. The molecule has 1 atom stereocenters. The van der Waals surface area contributed by atoms with Gasteiger partial charge in [-0.15, -0.1) is 0 Å². The molecule has 33 heavy (non-hydrogen) atoms. The van der Waals surface area contributed by atoms with E-state index < -0.39 is 11.5 Å². The summed E-state index contributed by atoms with van der Waals surface area (Å²) in [6.45, 7) is 4.16. The summed E-state index contributed by atoms with van der Waals surface area (Å²) in [6.07, 6.45) is 3.53. The molecule has 0 fully saturated rings. The van der Waals surface area contributed by atoms with Crippen LogP contribution in [0.4, 0.5) is 6.01 Å².